The molecule has 6 nitrogen and oxygen atoms in total. The smallest absolute Gasteiger partial charge is 0.416 e. The van der Waals surface area contributed by atoms with E-state index in [2.05, 4.69) is 15.0 Å². The largest absolute Gasteiger partial charge is 1.00 e. The minimum atomic E-state index is -4.70. The summed E-state index contributed by atoms with van der Waals surface area (Å²) in [5.74, 6) is -0.628. The quantitative estimate of drug-likeness (QED) is 0.366. The third-order valence-corrected chi connectivity index (χ3v) is 6.80. The number of thiazole rings is 1. The molecule has 0 spiro atoms. The number of rotatable bonds is 6. The number of aromatic nitrogens is 1. The number of anilines is 2. The molecule has 1 aromatic heterocycles. The van der Waals surface area contributed by atoms with Crippen molar-refractivity contribution in [3.8, 4) is 11.3 Å². The van der Waals surface area contributed by atoms with Gasteiger partial charge in [0.2, 0.25) is 0 Å². The van der Waals surface area contributed by atoms with Crippen LogP contribution in [0.25, 0.3) is 11.3 Å². The lowest BCUT2D eigenvalue weighted by molar-refractivity contribution is -0.137. The molecule has 4 rings (SSSR count). The van der Waals surface area contributed by atoms with Crippen molar-refractivity contribution in [3.05, 3.63) is 95.4 Å². The van der Waals surface area contributed by atoms with Gasteiger partial charge >= 0.3 is 6.18 Å². The van der Waals surface area contributed by atoms with Crippen LogP contribution in [-0.2, 0) is 16.2 Å². The molecule has 0 saturated carbocycles. The van der Waals surface area contributed by atoms with Gasteiger partial charge in [-0.05, 0) is 30.3 Å². The van der Waals surface area contributed by atoms with Gasteiger partial charge in [0.25, 0.3) is 15.9 Å². The van der Waals surface area contributed by atoms with Crippen LogP contribution in [0.5, 0.6) is 0 Å². The normalized spacial score (nSPS) is 11.4. The van der Waals surface area contributed by atoms with Crippen LogP contribution in [0.2, 0.25) is 0 Å². The van der Waals surface area contributed by atoms with Crippen molar-refractivity contribution in [2.45, 2.75) is 11.1 Å². The molecule has 0 aliphatic rings. The van der Waals surface area contributed by atoms with E-state index in [9.17, 15) is 26.4 Å². The minimum absolute atomic E-state index is 0. The van der Waals surface area contributed by atoms with Crippen molar-refractivity contribution in [3.63, 3.8) is 0 Å². The third-order valence-electron chi connectivity index (χ3n) is 4.68. The maximum Gasteiger partial charge on any atom is 0.416 e. The maximum atomic E-state index is 13.0. The van der Waals surface area contributed by atoms with Crippen LogP contribution in [0.15, 0.2) is 89.1 Å². The highest BCUT2D eigenvalue weighted by atomic mass is 79.9. The zero-order chi connectivity index (χ0) is 24.3. The number of para-hydroxylation sites is 1. The second kappa shape index (κ2) is 10.6. The van der Waals surface area contributed by atoms with Gasteiger partial charge in [-0.2, -0.15) is 13.2 Å². The van der Waals surface area contributed by atoms with E-state index in [1.54, 1.807) is 5.38 Å². The van der Waals surface area contributed by atoms with Gasteiger partial charge in [-0.3, -0.25) is 14.8 Å². The molecule has 182 valence electrons. The van der Waals surface area contributed by atoms with Gasteiger partial charge in [0, 0.05) is 10.9 Å². The van der Waals surface area contributed by atoms with Gasteiger partial charge in [-0.25, -0.2) is 13.4 Å². The van der Waals surface area contributed by atoms with Crippen molar-refractivity contribution in [1.29, 1.82) is 0 Å². The van der Waals surface area contributed by atoms with Crippen LogP contribution < -0.4 is 27.0 Å². The highest BCUT2D eigenvalue weighted by Gasteiger charge is 2.32. The van der Waals surface area contributed by atoms with Crippen LogP contribution >= 0.6 is 11.3 Å². The summed E-state index contributed by atoms with van der Waals surface area (Å²) in [5, 5.41) is 4.70. The molecule has 0 saturated heterocycles. The number of hydrogen-bond donors (Lipinski definition) is 2. The van der Waals surface area contributed by atoms with Gasteiger partial charge in [-0.15, -0.1) is 11.3 Å². The highest BCUT2D eigenvalue weighted by molar-refractivity contribution is 7.92. The Hall–Kier alpha value is -3.22. The van der Waals surface area contributed by atoms with Gasteiger partial charge in [0.15, 0.2) is 5.13 Å². The first kappa shape index (κ1) is 26.4. The summed E-state index contributed by atoms with van der Waals surface area (Å²) in [6.07, 6.45) is -4.70. The molecule has 2 N–H and O–H groups in total. The Morgan fingerprint density at radius 1 is 0.914 bits per heavy atom. The lowest BCUT2D eigenvalue weighted by Gasteiger charge is -2.13. The van der Waals surface area contributed by atoms with Crippen LogP contribution in [0.1, 0.15) is 15.9 Å². The summed E-state index contributed by atoms with van der Waals surface area (Å²) in [5.41, 5.74) is 0.332. The topological polar surface area (TPSA) is 88.2 Å². The number of hydrogen-bond acceptors (Lipinski definition) is 5. The molecule has 3 aromatic carbocycles. The Morgan fingerprint density at radius 2 is 1.60 bits per heavy atom. The first-order chi connectivity index (χ1) is 16.1. The van der Waals surface area contributed by atoms with Crippen LogP contribution in [0.3, 0.4) is 0 Å². The van der Waals surface area contributed by atoms with Crippen molar-refractivity contribution < 1.29 is 43.4 Å². The average Bonchev–Trinajstić information content (AvgIpc) is 3.28. The number of alkyl halides is 3. The number of benzene rings is 3. The number of nitrogens with zero attached hydrogens (tertiary/aromatic N) is 1. The molecule has 0 bridgehead atoms. The zero-order valence-corrected chi connectivity index (χ0v) is 20.8. The van der Waals surface area contributed by atoms with Crippen molar-refractivity contribution in [1.82, 2.24) is 4.98 Å². The number of nitrogens with one attached hydrogen (secondary N) is 2. The lowest BCUT2D eigenvalue weighted by atomic mass is 10.2. The molecule has 0 aliphatic carbocycles. The molecular weight excluding hydrogens is 567 g/mol. The van der Waals surface area contributed by atoms with E-state index in [1.165, 1.54) is 35.6 Å². The Kier molecular flexibility index (Phi) is 7.98. The maximum absolute atomic E-state index is 13.0. The van der Waals surface area contributed by atoms with E-state index in [0.29, 0.717) is 16.9 Å². The Morgan fingerprint density at radius 3 is 2.31 bits per heavy atom. The fraction of sp³-hybridized carbons (Fsp3) is 0.0435. The fourth-order valence-corrected chi connectivity index (χ4v) is 4.89. The van der Waals surface area contributed by atoms with Crippen molar-refractivity contribution in [2.75, 3.05) is 10.0 Å². The van der Waals surface area contributed by atoms with E-state index in [-0.39, 0.29) is 28.2 Å². The predicted octanol–water partition coefficient (Wildman–Crippen LogP) is 2.89. The van der Waals surface area contributed by atoms with E-state index in [0.717, 1.165) is 23.8 Å². The highest BCUT2D eigenvalue weighted by Crippen LogP contribution is 2.31. The Bertz CT molecular complexity index is 1440. The van der Waals surface area contributed by atoms with Gasteiger partial charge in [0.1, 0.15) is 0 Å². The second-order valence-electron chi connectivity index (χ2n) is 7.03. The van der Waals surface area contributed by atoms with E-state index in [4.69, 9.17) is 0 Å². The molecule has 0 unspecified atom stereocenters. The molecule has 1 heterocycles. The second-order valence-corrected chi connectivity index (χ2v) is 9.58. The summed E-state index contributed by atoms with van der Waals surface area (Å²) in [6, 6.07) is 18.5. The number of carbonyl (C=O) groups is 1. The molecule has 12 heteroatoms. The van der Waals surface area contributed by atoms with E-state index < -0.39 is 32.6 Å². The molecule has 1 amide bonds. The van der Waals surface area contributed by atoms with Crippen LogP contribution in [0.4, 0.5) is 24.0 Å². The molecule has 4 aromatic rings. The molecule has 35 heavy (non-hydrogen) atoms. The van der Waals surface area contributed by atoms with Gasteiger partial charge in [-0.1, -0.05) is 48.5 Å². The summed E-state index contributed by atoms with van der Waals surface area (Å²) in [4.78, 5) is 16.7. The zero-order valence-electron chi connectivity index (χ0n) is 17.6. The fourth-order valence-electron chi connectivity index (χ4n) is 3.05. The van der Waals surface area contributed by atoms with Crippen molar-refractivity contribution >= 4 is 38.1 Å². The van der Waals surface area contributed by atoms with Crippen LogP contribution in [-0.4, -0.2) is 19.3 Å². The number of sulfonamides is 1. The molecule has 0 radical (unpaired) electrons. The molecule has 0 aliphatic heterocycles. The lowest BCUT2D eigenvalue weighted by Crippen LogP contribution is -3.00. The summed E-state index contributed by atoms with van der Waals surface area (Å²) >= 11 is 1.20. The number of carbonyl (C=O) groups excluding carboxylic acids is 1. The minimum Gasteiger partial charge on any atom is -1.00 e. The summed E-state index contributed by atoms with van der Waals surface area (Å²) in [6.45, 7) is 0. The summed E-state index contributed by atoms with van der Waals surface area (Å²) < 4.78 is 66.7. The Balaban J connectivity index is 0.00000342. The standard InChI is InChI=1S/C23H16F3N3O3S2.BrH/c24-23(25,26)16-9-6-10-17(13-16)34(31,32)29-19-12-5-4-11-18(19)21(30)28-22-27-20(14-33-22)15-7-2-1-3-8-15;/h1-14,29H,(H,27,28,30);1H/p-1. The summed E-state index contributed by atoms with van der Waals surface area (Å²) in [7, 11) is -4.40. The first-order valence-corrected chi connectivity index (χ1v) is 12.1. The van der Waals surface area contributed by atoms with Crippen molar-refractivity contribution in [2.24, 2.45) is 0 Å². The molecule has 0 fully saturated rings. The average molecular weight is 583 g/mol. The third kappa shape index (κ3) is 6.27. The molecular formula is C23H16BrF3N3O3S2-. The SMILES string of the molecule is O=C(Nc1nc(-c2ccccc2)cs1)c1ccccc1NS(=O)(=O)c1cccc(C(F)(F)F)c1.[Br-]. The monoisotopic (exact) mass is 582 g/mol. The number of halogens is 4. The number of amides is 1. The van der Waals surface area contributed by atoms with Crippen LogP contribution in [0, 0.1) is 0 Å². The van der Waals surface area contributed by atoms with Gasteiger partial charge < -0.3 is 17.0 Å². The van der Waals surface area contributed by atoms with E-state index in [1.807, 2.05) is 30.3 Å². The molecule has 0 atom stereocenters. The van der Waals surface area contributed by atoms with E-state index >= 15 is 0 Å². The predicted molar refractivity (Wildman–Crippen MR) is 124 cm³/mol. The Labute approximate surface area is 213 Å². The first-order valence-electron chi connectivity index (χ1n) is 9.75. The van der Waals surface area contributed by atoms with Gasteiger partial charge in [0.05, 0.1) is 27.4 Å².